The van der Waals surface area contributed by atoms with E-state index in [-0.39, 0.29) is 6.42 Å². The second-order valence-corrected chi connectivity index (χ2v) is 4.15. The molecule has 0 saturated heterocycles. The van der Waals surface area contributed by atoms with Crippen molar-refractivity contribution >= 4 is 11.6 Å². The molecule has 0 bridgehead atoms. The molecule has 1 rings (SSSR count). The van der Waals surface area contributed by atoms with Crippen LogP contribution in [0.2, 0.25) is 0 Å². The highest BCUT2D eigenvalue weighted by Crippen LogP contribution is 2.26. The van der Waals surface area contributed by atoms with Gasteiger partial charge in [0, 0.05) is 0 Å². The predicted molar refractivity (Wildman–Crippen MR) is 63.2 cm³/mol. The summed E-state index contributed by atoms with van der Waals surface area (Å²) in [5, 5.41) is -3.35. The van der Waals surface area contributed by atoms with Gasteiger partial charge in [-0.1, -0.05) is 12.1 Å². The fourth-order valence-electron chi connectivity index (χ4n) is 1.44. The van der Waals surface area contributed by atoms with Crippen molar-refractivity contribution < 1.29 is 13.5 Å². The van der Waals surface area contributed by atoms with E-state index in [2.05, 4.69) is 0 Å². The molecule has 0 heterocycles. The molecule has 0 amide bonds. The number of methoxy groups -OCH3 is 1. The topological polar surface area (TPSA) is 47.3 Å². The number of nitrogens with one attached hydrogen (secondary N) is 1. The molecule has 0 aliphatic rings. The van der Waals surface area contributed by atoms with Gasteiger partial charge in [-0.05, 0) is 42.1 Å². The maximum Gasteiger partial charge on any atom is 0.338 e. The Kier molecular flexibility index (Phi) is 5.11. The summed E-state index contributed by atoms with van der Waals surface area (Å²) in [4.78, 5) is 0. The fraction of sp³-hybridized carbons (Fsp3) is 0.455. The maximum absolute atomic E-state index is 12.8. The number of hydrazine groups is 1. The average molecular weight is 265 g/mol. The van der Waals surface area contributed by atoms with E-state index in [1.165, 1.54) is 0 Å². The van der Waals surface area contributed by atoms with Crippen molar-refractivity contribution in [3.63, 3.8) is 0 Å². The molecule has 1 atom stereocenters. The molecule has 0 aromatic heterocycles. The Bertz CT molecular complexity index is 340. The molecular formula is C11H15ClF2N2O. The minimum atomic E-state index is -3.35. The van der Waals surface area contributed by atoms with Crippen LogP contribution in [0.5, 0.6) is 5.75 Å². The second kappa shape index (κ2) is 6.14. The van der Waals surface area contributed by atoms with Crippen LogP contribution < -0.4 is 16.0 Å². The lowest BCUT2D eigenvalue weighted by atomic mass is 10.1. The summed E-state index contributed by atoms with van der Waals surface area (Å²) in [6, 6.07) is 5.95. The molecule has 0 aliphatic heterocycles. The largest absolute Gasteiger partial charge is 0.497 e. The number of alkyl halides is 3. The molecule has 3 nitrogen and oxygen atoms in total. The van der Waals surface area contributed by atoms with Gasteiger partial charge in [-0.2, -0.15) is 8.78 Å². The van der Waals surface area contributed by atoms with Crippen molar-refractivity contribution in [3.8, 4) is 5.75 Å². The Labute approximate surface area is 104 Å². The van der Waals surface area contributed by atoms with Gasteiger partial charge >= 0.3 is 5.38 Å². The number of halogens is 3. The normalized spacial score (nSPS) is 13.5. The summed E-state index contributed by atoms with van der Waals surface area (Å²) in [6.45, 7) is 0. The number of hydrogen-bond acceptors (Lipinski definition) is 3. The van der Waals surface area contributed by atoms with Crippen molar-refractivity contribution in [3.05, 3.63) is 29.8 Å². The third-order valence-corrected chi connectivity index (χ3v) is 2.74. The number of rotatable bonds is 6. The Morgan fingerprint density at radius 3 is 2.41 bits per heavy atom. The zero-order chi connectivity index (χ0) is 12.9. The SMILES string of the molecule is COc1ccc(CCC(NN)C(F)(F)Cl)cc1. The molecule has 3 N–H and O–H groups in total. The van der Waals surface area contributed by atoms with Gasteiger partial charge in [0.25, 0.3) is 0 Å². The van der Waals surface area contributed by atoms with Crippen LogP contribution in [0.4, 0.5) is 8.78 Å². The van der Waals surface area contributed by atoms with E-state index in [1.54, 1.807) is 19.2 Å². The average Bonchev–Trinajstić information content (AvgIpc) is 2.29. The first-order chi connectivity index (χ1) is 7.97. The molecule has 0 aliphatic carbocycles. The monoisotopic (exact) mass is 264 g/mol. The van der Waals surface area contributed by atoms with Crippen molar-refractivity contribution in [2.75, 3.05) is 7.11 Å². The lowest BCUT2D eigenvalue weighted by Gasteiger charge is -2.20. The number of ether oxygens (including phenoxy) is 1. The van der Waals surface area contributed by atoms with E-state index >= 15 is 0 Å². The summed E-state index contributed by atoms with van der Waals surface area (Å²) in [6.07, 6.45) is 0.612. The van der Waals surface area contributed by atoms with Crippen LogP contribution in [0.3, 0.4) is 0 Å². The highest BCUT2D eigenvalue weighted by atomic mass is 35.5. The minimum absolute atomic E-state index is 0.152. The lowest BCUT2D eigenvalue weighted by Crippen LogP contribution is -2.45. The van der Waals surface area contributed by atoms with Gasteiger partial charge in [0.05, 0.1) is 13.2 Å². The summed E-state index contributed by atoms with van der Waals surface area (Å²) >= 11 is 4.92. The number of hydrogen-bond donors (Lipinski definition) is 2. The molecule has 0 fully saturated rings. The van der Waals surface area contributed by atoms with Gasteiger partial charge in [-0.25, -0.2) is 5.43 Å². The van der Waals surface area contributed by atoms with Crippen LogP contribution in [0, 0.1) is 0 Å². The van der Waals surface area contributed by atoms with Gasteiger partial charge < -0.3 is 4.74 Å². The Morgan fingerprint density at radius 1 is 1.41 bits per heavy atom. The zero-order valence-corrected chi connectivity index (χ0v) is 10.2. The van der Waals surface area contributed by atoms with E-state index in [4.69, 9.17) is 22.2 Å². The summed E-state index contributed by atoms with van der Waals surface area (Å²) in [5.41, 5.74) is 2.95. The summed E-state index contributed by atoms with van der Waals surface area (Å²) in [5.74, 6) is 5.76. The smallest absolute Gasteiger partial charge is 0.338 e. The van der Waals surface area contributed by atoms with E-state index in [9.17, 15) is 8.78 Å². The van der Waals surface area contributed by atoms with Gasteiger partial charge in [0.15, 0.2) is 0 Å². The Hall–Kier alpha value is -0.910. The standard InChI is InChI=1S/C11H15ClF2N2O/c1-17-9-5-2-8(3-6-9)4-7-10(16-15)11(12,13)14/h2-3,5-6,10,16H,4,7,15H2,1H3. The molecule has 6 heteroatoms. The Balaban J connectivity index is 2.54. The maximum atomic E-state index is 12.8. The third kappa shape index (κ3) is 4.46. The van der Waals surface area contributed by atoms with Crippen molar-refractivity contribution in [1.29, 1.82) is 0 Å². The molecule has 96 valence electrons. The number of aryl methyl sites for hydroxylation is 1. The molecule has 1 unspecified atom stereocenters. The van der Waals surface area contributed by atoms with Gasteiger partial charge in [0.2, 0.25) is 0 Å². The van der Waals surface area contributed by atoms with Crippen molar-refractivity contribution in [2.24, 2.45) is 5.84 Å². The van der Waals surface area contributed by atoms with E-state index in [0.29, 0.717) is 6.42 Å². The van der Waals surface area contributed by atoms with Gasteiger partial charge in [0.1, 0.15) is 5.75 Å². The number of benzene rings is 1. The predicted octanol–water partition coefficient (Wildman–Crippen LogP) is 2.29. The highest BCUT2D eigenvalue weighted by molar-refractivity contribution is 6.22. The lowest BCUT2D eigenvalue weighted by molar-refractivity contribution is 0.0468. The van der Waals surface area contributed by atoms with Crippen LogP contribution >= 0.6 is 11.6 Å². The fourth-order valence-corrected chi connectivity index (χ4v) is 1.62. The molecule has 1 aromatic rings. The van der Waals surface area contributed by atoms with Crippen molar-refractivity contribution in [2.45, 2.75) is 24.3 Å². The van der Waals surface area contributed by atoms with Gasteiger partial charge in [-0.15, -0.1) is 0 Å². The molecule has 17 heavy (non-hydrogen) atoms. The van der Waals surface area contributed by atoms with Crippen LogP contribution in [0.1, 0.15) is 12.0 Å². The summed E-state index contributed by atoms with van der Waals surface area (Å²) < 4.78 is 30.6. The quantitative estimate of drug-likeness (QED) is 0.471. The molecular weight excluding hydrogens is 250 g/mol. The first kappa shape index (κ1) is 14.2. The highest BCUT2D eigenvalue weighted by Gasteiger charge is 2.35. The van der Waals surface area contributed by atoms with E-state index in [1.807, 2.05) is 17.6 Å². The molecule has 0 radical (unpaired) electrons. The van der Waals surface area contributed by atoms with Crippen LogP contribution in [0.25, 0.3) is 0 Å². The number of nitrogens with two attached hydrogens (primary N) is 1. The van der Waals surface area contributed by atoms with Crippen LogP contribution in [-0.2, 0) is 6.42 Å². The van der Waals surface area contributed by atoms with Crippen LogP contribution in [0.15, 0.2) is 24.3 Å². The van der Waals surface area contributed by atoms with Crippen molar-refractivity contribution in [1.82, 2.24) is 5.43 Å². The third-order valence-electron chi connectivity index (χ3n) is 2.48. The Morgan fingerprint density at radius 2 is 2.00 bits per heavy atom. The molecule has 0 spiro atoms. The first-order valence-corrected chi connectivity index (χ1v) is 5.51. The second-order valence-electron chi connectivity index (χ2n) is 3.65. The first-order valence-electron chi connectivity index (χ1n) is 5.13. The van der Waals surface area contributed by atoms with E-state index < -0.39 is 11.4 Å². The molecule has 0 saturated carbocycles. The van der Waals surface area contributed by atoms with E-state index in [0.717, 1.165) is 11.3 Å². The summed E-state index contributed by atoms with van der Waals surface area (Å²) in [7, 11) is 1.57. The molecule has 1 aromatic carbocycles. The van der Waals surface area contributed by atoms with Crippen LogP contribution in [-0.4, -0.2) is 18.5 Å². The van der Waals surface area contributed by atoms with Gasteiger partial charge in [-0.3, -0.25) is 5.84 Å². The minimum Gasteiger partial charge on any atom is -0.497 e. The zero-order valence-electron chi connectivity index (χ0n) is 9.42.